The van der Waals surface area contributed by atoms with Crippen molar-refractivity contribution in [2.45, 2.75) is 59.7 Å². The first-order chi connectivity index (χ1) is 8.94. The van der Waals surface area contributed by atoms with Crippen LogP contribution in [0.25, 0.3) is 0 Å². The fourth-order valence-corrected chi connectivity index (χ4v) is 1.87. The van der Waals surface area contributed by atoms with Crippen molar-refractivity contribution in [3.63, 3.8) is 0 Å². The Labute approximate surface area is 120 Å². The molecule has 0 spiro atoms. The second kappa shape index (κ2) is 7.43. The van der Waals surface area contributed by atoms with E-state index in [1.54, 1.807) is 27.7 Å². The van der Waals surface area contributed by atoms with Crippen LogP contribution in [0, 0.1) is 11.8 Å². The van der Waals surface area contributed by atoms with Crippen molar-refractivity contribution in [3.05, 3.63) is 11.6 Å². The van der Waals surface area contributed by atoms with Crippen LogP contribution < -0.4 is 0 Å². The number of carbonyl (C=O) groups is 2. The van der Waals surface area contributed by atoms with Crippen LogP contribution in [0.4, 0.5) is 0 Å². The van der Waals surface area contributed by atoms with Gasteiger partial charge in [0.2, 0.25) is 0 Å². The van der Waals surface area contributed by atoms with Gasteiger partial charge in [0.15, 0.2) is 6.10 Å². The van der Waals surface area contributed by atoms with Crippen LogP contribution in [-0.4, -0.2) is 33.9 Å². The van der Waals surface area contributed by atoms with E-state index in [1.807, 2.05) is 13.8 Å². The highest BCUT2D eigenvalue weighted by molar-refractivity contribution is 5.83. The molecule has 20 heavy (non-hydrogen) atoms. The third-order valence-corrected chi connectivity index (χ3v) is 2.70. The van der Waals surface area contributed by atoms with E-state index in [1.165, 1.54) is 6.08 Å². The Balaban J connectivity index is 5.07. The molecule has 0 rings (SSSR count). The molecule has 2 atom stereocenters. The lowest BCUT2D eigenvalue weighted by molar-refractivity contribution is -0.150. The largest absolute Gasteiger partial charge is 0.479 e. The van der Waals surface area contributed by atoms with Crippen LogP contribution in [0.15, 0.2) is 11.6 Å². The van der Waals surface area contributed by atoms with E-state index in [-0.39, 0.29) is 5.92 Å². The van der Waals surface area contributed by atoms with Gasteiger partial charge in [-0.1, -0.05) is 19.4 Å². The second-order valence-corrected chi connectivity index (χ2v) is 6.44. The molecular formula is C15H26O5. The summed E-state index contributed by atoms with van der Waals surface area (Å²) < 4.78 is 5.16. The van der Waals surface area contributed by atoms with Gasteiger partial charge in [0, 0.05) is 12.0 Å². The van der Waals surface area contributed by atoms with Crippen molar-refractivity contribution in [3.8, 4) is 0 Å². The lowest BCUT2D eigenvalue weighted by Gasteiger charge is -2.23. The van der Waals surface area contributed by atoms with Gasteiger partial charge in [-0.05, 0) is 40.0 Å². The summed E-state index contributed by atoms with van der Waals surface area (Å²) in [5.41, 5.74) is -0.0878. The maximum absolute atomic E-state index is 11.7. The molecule has 0 aromatic rings. The molecule has 2 N–H and O–H groups in total. The standard InChI is InChI=1S/C15H26O5/c1-9(2)7-11(13(17)14(18)19)10(3)8-12(16)20-15(4,5)6/h8-9,11,13,17H,7H2,1-6H3,(H,18,19)/b10-8-/t11-,13-/m1/s1. The van der Waals surface area contributed by atoms with Crippen molar-refractivity contribution < 1.29 is 24.5 Å². The molecule has 0 saturated carbocycles. The molecule has 0 amide bonds. The Morgan fingerprint density at radius 3 is 2.10 bits per heavy atom. The summed E-state index contributed by atoms with van der Waals surface area (Å²) >= 11 is 0. The molecule has 0 heterocycles. The van der Waals surface area contributed by atoms with Gasteiger partial charge in [-0.25, -0.2) is 9.59 Å². The van der Waals surface area contributed by atoms with Crippen LogP contribution in [0.5, 0.6) is 0 Å². The van der Waals surface area contributed by atoms with Crippen molar-refractivity contribution in [1.82, 2.24) is 0 Å². The highest BCUT2D eigenvalue weighted by atomic mass is 16.6. The molecule has 0 aliphatic rings. The van der Waals surface area contributed by atoms with Crippen LogP contribution in [0.2, 0.25) is 0 Å². The first kappa shape index (κ1) is 18.6. The topological polar surface area (TPSA) is 83.8 Å². The zero-order valence-corrected chi connectivity index (χ0v) is 13.1. The number of aliphatic hydroxyl groups is 1. The molecule has 116 valence electrons. The minimum absolute atomic E-state index is 0.205. The number of carboxylic acid groups (broad SMARTS) is 1. The summed E-state index contributed by atoms with van der Waals surface area (Å²) in [6, 6.07) is 0. The maximum Gasteiger partial charge on any atom is 0.333 e. The highest BCUT2D eigenvalue weighted by Crippen LogP contribution is 2.24. The smallest absolute Gasteiger partial charge is 0.333 e. The lowest BCUT2D eigenvalue weighted by atomic mass is 9.86. The Bertz CT molecular complexity index is 376. The average molecular weight is 286 g/mol. The Kier molecular flexibility index (Phi) is 6.92. The molecule has 0 unspecified atom stereocenters. The molecule has 0 radical (unpaired) electrons. The Morgan fingerprint density at radius 2 is 1.75 bits per heavy atom. The minimum Gasteiger partial charge on any atom is -0.479 e. The number of carbonyl (C=O) groups excluding carboxylic acids is 1. The van der Waals surface area contributed by atoms with Crippen LogP contribution >= 0.6 is 0 Å². The zero-order chi connectivity index (χ0) is 16.1. The van der Waals surface area contributed by atoms with E-state index in [4.69, 9.17) is 9.84 Å². The number of hydrogen-bond acceptors (Lipinski definition) is 4. The number of hydrogen-bond donors (Lipinski definition) is 2. The first-order valence-corrected chi connectivity index (χ1v) is 6.76. The van der Waals surface area contributed by atoms with Gasteiger partial charge in [0.05, 0.1) is 0 Å². The fourth-order valence-electron chi connectivity index (χ4n) is 1.87. The maximum atomic E-state index is 11.7. The van der Waals surface area contributed by atoms with Gasteiger partial charge in [-0.2, -0.15) is 0 Å². The molecule has 0 aromatic carbocycles. The number of aliphatic hydroxyl groups excluding tert-OH is 1. The van der Waals surface area contributed by atoms with Gasteiger partial charge < -0.3 is 14.9 Å². The van der Waals surface area contributed by atoms with Crippen LogP contribution in [0.3, 0.4) is 0 Å². The molecule has 0 bridgehead atoms. The monoisotopic (exact) mass is 286 g/mol. The number of ether oxygens (including phenoxy) is 1. The van der Waals surface area contributed by atoms with Gasteiger partial charge in [0.1, 0.15) is 5.60 Å². The number of esters is 1. The summed E-state index contributed by atoms with van der Waals surface area (Å²) in [5, 5.41) is 18.7. The van der Waals surface area contributed by atoms with Crippen molar-refractivity contribution in [2.75, 3.05) is 0 Å². The molecule has 0 fully saturated rings. The van der Waals surface area contributed by atoms with E-state index in [9.17, 15) is 14.7 Å². The van der Waals surface area contributed by atoms with Crippen molar-refractivity contribution in [2.24, 2.45) is 11.8 Å². The van der Waals surface area contributed by atoms with Crippen LogP contribution in [-0.2, 0) is 14.3 Å². The quantitative estimate of drug-likeness (QED) is 0.578. The summed E-state index contributed by atoms with van der Waals surface area (Å²) in [5.74, 6) is -2.20. The van der Waals surface area contributed by atoms with Gasteiger partial charge >= 0.3 is 11.9 Å². The predicted molar refractivity (Wildman–Crippen MR) is 76.2 cm³/mol. The fraction of sp³-hybridized carbons (Fsp3) is 0.733. The third kappa shape index (κ3) is 7.28. The number of carboxylic acids is 1. The molecule has 0 saturated heterocycles. The van der Waals surface area contributed by atoms with Gasteiger partial charge in [-0.3, -0.25) is 0 Å². The van der Waals surface area contributed by atoms with E-state index in [0.717, 1.165) is 0 Å². The van der Waals surface area contributed by atoms with Crippen molar-refractivity contribution in [1.29, 1.82) is 0 Å². The second-order valence-electron chi connectivity index (χ2n) is 6.44. The zero-order valence-electron chi connectivity index (χ0n) is 13.1. The van der Waals surface area contributed by atoms with E-state index in [2.05, 4.69) is 0 Å². The van der Waals surface area contributed by atoms with E-state index in [0.29, 0.717) is 12.0 Å². The summed E-state index contributed by atoms with van der Waals surface area (Å²) in [4.78, 5) is 22.7. The first-order valence-electron chi connectivity index (χ1n) is 6.76. The summed E-state index contributed by atoms with van der Waals surface area (Å²) in [6.45, 7) is 10.8. The molecule has 0 aliphatic heterocycles. The van der Waals surface area contributed by atoms with Gasteiger partial charge in [-0.15, -0.1) is 0 Å². The van der Waals surface area contributed by atoms with E-state index < -0.39 is 29.6 Å². The Morgan fingerprint density at radius 1 is 1.25 bits per heavy atom. The summed E-state index contributed by atoms with van der Waals surface area (Å²) in [6.07, 6.45) is 0.236. The molecule has 5 nitrogen and oxygen atoms in total. The summed E-state index contributed by atoms with van der Waals surface area (Å²) in [7, 11) is 0. The molecular weight excluding hydrogens is 260 g/mol. The van der Waals surface area contributed by atoms with Crippen LogP contribution in [0.1, 0.15) is 48.0 Å². The minimum atomic E-state index is -1.52. The predicted octanol–water partition coefficient (Wildman–Crippen LogP) is 2.38. The SMILES string of the molecule is C/C(=C/C(=O)OC(C)(C)C)[C@@H](CC(C)C)[C@@H](O)C(=O)O. The Hall–Kier alpha value is -1.36. The number of rotatable bonds is 6. The third-order valence-electron chi connectivity index (χ3n) is 2.70. The highest BCUT2D eigenvalue weighted by Gasteiger charge is 2.28. The van der Waals surface area contributed by atoms with Gasteiger partial charge in [0.25, 0.3) is 0 Å². The molecule has 5 heteroatoms. The average Bonchev–Trinajstić information content (AvgIpc) is 2.21. The number of aliphatic carboxylic acids is 1. The lowest BCUT2D eigenvalue weighted by Crippen LogP contribution is -2.31. The normalized spacial score (nSPS) is 15.9. The van der Waals surface area contributed by atoms with Crippen molar-refractivity contribution >= 4 is 11.9 Å². The molecule has 0 aromatic heterocycles. The van der Waals surface area contributed by atoms with E-state index >= 15 is 0 Å². The molecule has 0 aliphatic carbocycles.